The van der Waals surface area contributed by atoms with E-state index in [9.17, 15) is 4.79 Å². The SMILES string of the molecule is NCc1ccc(NC(=O)c2ccccc2)cc1-n1cc(-c2cnc3cccnn23)cn1. The maximum atomic E-state index is 12.5. The van der Waals surface area contributed by atoms with Crippen molar-refractivity contribution in [2.24, 2.45) is 5.73 Å². The minimum Gasteiger partial charge on any atom is -0.326 e. The van der Waals surface area contributed by atoms with E-state index in [4.69, 9.17) is 5.73 Å². The summed E-state index contributed by atoms with van der Waals surface area (Å²) in [6, 6.07) is 18.4. The Morgan fingerprint density at radius 1 is 1.00 bits per heavy atom. The monoisotopic (exact) mass is 409 g/mol. The molecule has 0 spiro atoms. The van der Waals surface area contributed by atoms with Gasteiger partial charge in [0.1, 0.15) is 0 Å². The number of benzene rings is 2. The van der Waals surface area contributed by atoms with Crippen LogP contribution in [0.15, 0.2) is 85.5 Å². The van der Waals surface area contributed by atoms with E-state index >= 15 is 0 Å². The fraction of sp³-hybridized carbons (Fsp3) is 0.0435. The van der Waals surface area contributed by atoms with Crippen LogP contribution >= 0.6 is 0 Å². The second-order valence-corrected chi connectivity index (χ2v) is 6.98. The summed E-state index contributed by atoms with van der Waals surface area (Å²) in [7, 11) is 0. The van der Waals surface area contributed by atoms with Gasteiger partial charge in [-0.2, -0.15) is 10.2 Å². The number of aromatic nitrogens is 5. The highest BCUT2D eigenvalue weighted by molar-refractivity contribution is 6.04. The lowest BCUT2D eigenvalue weighted by molar-refractivity contribution is 0.102. The average molecular weight is 409 g/mol. The lowest BCUT2D eigenvalue weighted by atomic mass is 10.1. The largest absolute Gasteiger partial charge is 0.326 e. The topological polar surface area (TPSA) is 103 Å². The summed E-state index contributed by atoms with van der Waals surface area (Å²) < 4.78 is 3.51. The van der Waals surface area contributed by atoms with Gasteiger partial charge in [-0.25, -0.2) is 14.2 Å². The first-order valence-corrected chi connectivity index (χ1v) is 9.76. The molecule has 0 bridgehead atoms. The van der Waals surface area contributed by atoms with E-state index in [0.29, 0.717) is 17.8 Å². The number of nitrogens with two attached hydrogens (primary N) is 1. The number of hydrogen-bond acceptors (Lipinski definition) is 5. The Hall–Kier alpha value is -4.30. The quantitative estimate of drug-likeness (QED) is 0.464. The number of rotatable bonds is 5. The summed E-state index contributed by atoms with van der Waals surface area (Å²) in [6.45, 7) is 0.342. The summed E-state index contributed by atoms with van der Waals surface area (Å²) in [4.78, 5) is 16.9. The summed E-state index contributed by atoms with van der Waals surface area (Å²) >= 11 is 0. The van der Waals surface area contributed by atoms with E-state index in [1.807, 2.05) is 54.7 Å². The van der Waals surface area contributed by atoms with Crippen LogP contribution in [0, 0.1) is 0 Å². The Kier molecular flexibility index (Phi) is 4.74. The molecule has 0 aliphatic rings. The van der Waals surface area contributed by atoms with Crippen molar-refractivity contribution in [1.29, 1.82) is 0 Å². The van der Waals surface area contributed by atoms with Gasteiger partial charge in [0.25, 0.3) is 5.91 Å². The minimum atomic E-state index is -0.176. The number of carbonyl (C=O) groups excluding carboxylic acids is 1. The highest BCUT2D eigenvalue weighted by Crippen LogP contribution is 2.24. The Labute approximate surface area is 178 Å². The Balaban J connectivity index is 1.48. The molecular weight excluding hydrogens is 390 g/mol. The van der Waals surface area contributed by atoms with Crippen molar-refractivity contribution in [1.82, 2.24) is 24.4 Å². The van der Waals surface area contributed by atoms with Crippen LogP contribution in [0.2, 0.25) is 0 Å². The summed E-state index contributed by atoms with van der Waals surface area (Å²) in [5.41, 5.74) is 11.4. The molecule has 5 rings (SSSR count). The summed E-state index contributed by atoms with van der Waals surface area (Å²) in [5.74, 6) is -0.176. The first-order valence-electron chi connectivity index (χ1n) is 9.76. The van der Waals surface area contributed by atoms with Crippen LogP contribution in [0.4, 0.5) is 5.69 Å². The van der Waals surface area contributed by atoms with E-state index in [2.05, 4.69) is 20.5 Å². The molecule has 152 valence electrons. The smallest absolute Gasteiger partial charge is 0.255 e. The van der Waals surface area contributed by atoms with E-state index in [0.717, 1.165) is 28.2 Å². The zero-order valence-corrected chi connectivity index (χ0v) is 16.5. The summed E-state index contributed by atoms with van der Waals surface area (Å²) in [6.07, 6.45) is 7.14. The van der Waals surface area contributed by atoms with Crippen molar-refractivity contribution in [3.05, 3.63) is 96.6 Å². The Morgan fingerprint density at radius 2 is 1.87 bits per heavy atom. The molecule has 0 atom stereocenters. The molecule has 0 unspecified atom stereocenters. The van der Waals surface area contributed by atoms with Gasteiger partial charge >= 0.3 is 0 Å². The van der Waals surface area contributed by atoms with Crippen LogP contribution in [-0.4, -0.2) is 30.3 Å². The number of nitrogens with one attached hydrogen (secondary N) is 1. The van der Waals surface area contributed by atoms with Crippen LogP contribution in [0.3, 0.4) is 0 Å². The van der Waals surface area contributed by atoms with Crippen LogP contribution in [0.25, 0.3) is 22.6 Å². The third-order valence-corrected chi connectivity index (χ3v) is 5.00. The molecule has 0 radical (unpaired) electrons. The zero-order valence-electron chi connectivity index (χ0n) is 16.5. The molecule has 0 aliphatic heterocycles. The van der Waals surface area contributed by atoms with E-state index < -0.39 is 0 Å². The fourth-order valence-electron chi connectivity index (χ4n) is 3.43. The summed E-state index contributed by atoms with van der Waals surface area (Å²) in [5, 5.41) is 11.8. The van der Waals surface area contributed by atoms with Crippen molar-refractivity contribution in [3.63, 3.8) is 0 Å². The van der Waals surface area contributed by atoms with Crippen LogP contribution in [0.5, 0.6) is 0 Å². The van der Waals surface area contributed by atoms with E-state index in [1.165, 1.54) is 0 Å². The molecule has 0 saturated carbocycles. The fourth-order valence-corrected chi connectivity index (χ4v) is 3.43. The van der Waals surface area contributed by atoms with Crippen molar-refractivity contribution in [2.45, 2.75) is 6.54 Å². The minimum absolute atomic E-state index is 0.176. The average Bonchev–Trinajstić information content (AvgIpc) is 3.47. The van der Waals surface area contributed by atoms with Gasteiger partial charge < -0.3 is 11.1 Å². The Bertz CT molecular complexity index is 1370. The maximum absolute atomic E-state index is 12.5. The first-order chi connectivity index (χ1) is 15.2. The lowest BCUT2D eigenvalue weighted by Crippen LogP contribution is -2.13. The van der Waals surface area contributed by atoms with E-state index in [1.54, 1.807) is 39.9 Å². The highest BCUT2D eigenvalue weighted by Gasteiger charge is 2.13. The maximum Gasteiger partial charge on any atom is 0.255 e. The molecule has 3 N–H and O–H groups in total. The number of nitrogens with zero attached hydrogens (tertiary/aromatic N) is 5. The molecule has 2 aromatic carbocycles. The van der Waals surface area contributed by atoms with Gasteiger partial charge in [-0.15, -0.1) is 0 Å². The normalized spacial score (nSPS) is 11.0. The molecular formula is C23H19N7O. The third-order valence-electron chi connectivity index (χ3n) is 5.00. The molecule has 5 aromatic rings. The van der Waals surface area contributed by atoms with Gasteiger partial charge in [0.15, 0.2) is 5.65 Å². The first kappa shape index (κ1) is 18.7. The number of hydrogen-bond donors (Lipinski definition) is 2. The van der Waals surface area contributed by atoms with Gasteiger partial charge in [-0.1, -0.05) is 24.3 Å². The molecule has 0 fully saturated rings. The zero-order chi connectivity index (χ0) is 21.2. The highest BCUT2D eigenvalue weighted by atomic mass is 16.1. The van der Waals surface area contributed by atoms with Gasteiger partial charge in [-0.3, -0.25) is 4.79 Å². The Morgan fingerprint density at radius 3 is 2.71 bits per heavy atom. The van der Waals surface area contributed by atoms with Crippen molar-refractivity contribution < 1.29 is 4.79 Å². The van der Waals surface area contributed by atoms with Crippen LogP contribution in [0.1, 0.15) is 15.9 Å². The number of carbonyl (C=O) groups is 1. The predicted octanol–water partition coefficient (Wildman–Crippen LogP) is 3.29. The molecule has 3 heterocycles. The molecule has 0 aliphatic carbocycles. The lowest BCUT2D eigenvalue weighted by Gasteiger charge is -2.12. The second-order valence-electron chi connectivity index (χ2n) is 6.98. The van der Waals surface area contributed by atoms with Crippen molar-refractivity contribution >= 4 is 17.2 Å². The van der Waals surface area contributed by atoms with Gasteiger partial charge in [0.05, 0.1) is 23.8 Å². The van der Waals surface area contributed by atoms with Crippen molar-refractivity contribution in [2.75, 3.05) is 5.32 Å². The molecule has 1 amide bonds. The standard InChI is InChI=1S/C23H19N7O/c24-12-17-8-9-19(28-23(31)16-5-2-1-3-6-16)11-20(17)29-15-18(13-27-29)21-14-25-22-7-4-10-26-30(21)22/h1-11,13-15H,12,24H2,(H,28,31). The number of anilines is 1. The molecule has 31 heavy (non-hydrogen) atoms. The van der Waals surface area contributed by atoms with Gasteiger partial charge in [0.2, 0.25) is 0 Å². The molecule has 0 saturated heterocycles. The van der Waals surface area contributed by atoms with Gasteiger partial charge in [-0.05, 0) is 42.0 Å². The van der Waals surface area contributed by atoms with Crippen molar-refractivity contribution in [3.8, 4) is 16.9 Å². The van der Waals surface area contributed by atoms with E-state index in [-0.39, 0.29) is 5.91 Å². The number of fused-ring (bicyclic) bond motifs is 1. The number of imidazole rings is 1. The van der Waals surface area contributed by atoms with Crippen LogP contribution in [-0.2, 0) is 6.54 Å². The third kappa shape index (κ3) is 3.56. The van der Waals surface area contributed by atoms with Gasteiger partial charge in [0, 0.05) is 35.8 Å². The molecule has 3 aromatic heterocycles. The molecule has 8 heteroatoms. The number of amides is 1. The second kappa shape index (κ2) is 7.85. The van der Waals surface area contributed by atoms with Crippen LogP contribution < -0.4 is 11.1 Å². The molecule has 8 nitrogen and oxygen atoms in total. The predicted molar refractivity (Wildman–Crippen MR) is 118 cm³/mol.